The Bertz CT molecular complexity index is 1090. The van der Waals surface area contributed by atoms with Gasteiger partial charge in [-0.05, 0) is 60.7 Å². The summed E-state index contributed by atoms with van der Waals surface area (Å²) in [6.45, 7) is 3.10. The Kier molecular flexibility index (Phi) is 7.63. The van der Waals surface area contributed by atoms with Gasteiger partial charge in [-0.25, -0.2) is 4.39 Å². The molecular formula is C29H32FNO3. The van der Waals surface area contributed by atoms with E-state index in [2.05, 4.69) is 6.92 Å². The Hall–Kier alpha value is -3.18. The number of hydrogen-bond donors (Lipinski definition) is 1. The van der Waals surface area contributed by atoms with Crippen LogP contribution in [-0.4, -0.2) is 28.2 Å². The third kappa shape index (κ3) is 5.84. The Morgan fingerprint density at radius 2 is 1.59 bits per heavy atom. The summed E-state index contributed by atoms with van der Waals surface area (Å²) >= 11 is 0. The van der Waals surface area contributed by atoms with E-state index in [1.165, 1.54) is 25.0 Å². The second-order valence-electron chi connectivity index (χ2n) is 8.97. The van der Waals surface area contributed by atoms with Crippen LogP contribution in [0.15, 0.2) is 72.8 Å². The summed E-state index contributed by atoms with van der Waals surface area (Å²) in [7, 11) is 0. The standard InChI is InChI=1S/C29H32FNO3/c1-2-3-4-7-20-34-27-9-6-5-8-25(27)21-31(29(33)18-19-29)28(32)24-12-10-22(11-13-24)23-14-16-26(30)17-15-23/h5-6,8-17,33H,2-4,7,18-21H2,1H3. The monoisotopic (exact) mass is 461 g/mol. The molecule has 4 rings (SSSR count). The number of halogens is 1. The number of carbonyl (C=O) groups is 1. The molecule has 3 aromatic carbocycles. The number of unbranched alkanes of at least 4 members (excludes halogenated alkanes) is 3. The number of ether oxygens (including phenoxy) is 1. The van der Waals surface area contributed by atoms with Crippen molar-refractivity contribution in [2.24, 2.45) is 0 Å². The first-order valence-electron chi connectivity index (χ1n) is 12.1. The number of hydrogen-bond acceptors (Lipinski definition) is 3. The Morgan fingerprint density at radius 3 is 2.24 bits per heavy atom. The second-order valence-corrected chi connectivity index (χ2v) is 8.97. The SMILES string of the molecule is CCCCCCOc1ccccc1CN(C(=O)c1ccc(-c2ccc(F)cc2)cc1)C1(O)CC1. The molecule has 4 nitrogen and oxygen atoms in total. The minimum atomic E-state index is -1.12. The topological polar surface area (TPSA) is 49.8 Å². The second kappa shape index (κ2) is 10.8. The first kappa shape index (κ1) is 24.0. The van der Waals surface area contributed by atoms with Crippen molar-refractivity contribution in [2.45, 2.75) is 57.7 Å². The van der Waals surface area contributed by atoms with E-state index in [-0.39, 0.29) is 18.3 Å². The molecule has 1 amide bonds. The molecule has 1 fully saturated rings. The molecule has 0 aliphatic heterocycles. The number of carbonyl (C=O) groups excluding carboxylic acids is 1. The molecule has 0 spiro atoms. The van der Waals surface area contributed by atoms with Gasteiger partial charge in [0.25, 0.3) is 5.91 Å². The Balaban J connectivity index is 1.49. The van der Waals surface area contributed by atoms with Crippen LogP contribution in [0.3, 0.4) is 0 Å². The Morgan fingerprint density at radius 1 is 0.941 bits per heavy atom. The highest BCUT2D eigenvalue weighted by molar-refractivity contribution is 5.95. The molecule has 5 heteroatoms. The molecule has 0 aromatic heterocycles. The van der Waals surface area contributed by atoms with Gasteiger partial charge in [0.1, 0.15) is 17.3 Å². The predicted molar refractivity (Wildman–Crippen MR) is 132 cm³/mol. The smallest absolute Gasteiger partial charge is 0.256 e. The maximum Gasteiger partial charge on any atom is 0.256 e. The molecule has 1 N–H and O–H groups in total. The maximum atomic E-state index is 13.4. The minimum Gasteiger partial charge on any atom is -0.493 e. The molecule has 0 saturated heterocycles. The van der Waals surface area contributed by atoms with Crippen LogP contribution in [0.5, 0.6) is 5.75 Å². The number of nitrogens with zero attached hydrogens (tertiary/aromatic N) is 1. The van der Waals surface area contributed by atoms with Gasteiger partial charge in [0.2, 0.25) is 0 Å². The van der Waals surface area contributed by atoms with E-state index in [0.29, 0.717) is 25.0 Å². The fraction of sp³-hybridized carbons (Fsp3) is 0.345. The van der Waals surface area contributed by atoms with Gasteiger partial charge in [0, 0.05) is 11.1 Å². The van der Waals surface area contributed by atoms with Crippen molar-refractivity contribution >= 4 is 5.91 Å². The van der Waals surface area contributed by atoms with Crippen LogP contribution in [0, 0.1) is 5.82 Å². The summed E-state index contributed by atoms with van der Waals surface area (Å²) in [5, 5.41) is 10.9. The summed E-state index contributed by atoms with van der Waals surface area (Å²) in [6.07, 6.45) is 5.63. The third-order valence-corrected chi connectivity index (χ3v) is 6.31. The number of para-hydroxylation sites is 1. The summed E-state index contributed by atoms with van der Waals surface area (Å²) in [5.74, 6) is 0.255. The van der Waals surface area contributed by atoms with Crippen LogP contribution in [-0.2, 0) is 6.54 Å². The van der Waals surface area contributed by atoms with Gasteiger partial charge in [-0.2, -0.15) is 0 Å². The number of aliphatic hydroxyl groups is 1. The highest BCUT2D eigenvalue weighted by atomic mass is 19.1. The van der Waals surface area contributed by atoms with E-state index in [1.54, 1.807) is 29.2 Å². The molecule has 1 aliphatic carbocycles. The van der Waals surface area contributed by atoms with Crippen molar-refractivity contribution in [1.82, 2.24) is 4.90 Å². The zero-order valence-corrected chi connectivity index (χ0v) is 19.7. The highest BCUT2D eigenvalue weighted by Gasteiger charge is 2.49. The van der Waals surface area contributed by atoms with Crippen LogP contribution in [0.25, 0.3) is 11.1 Å². The van der Waals surface area contributed by atoms with Crippen LogP contribution in [0.1, 0.15) is 61.4 Å². The van der Waals surface area contributed by atoms with Gasteiger partial charge < -0.3 is 14.7 Å². The number of rotatable bonds is 11. The van der Waals surface area contributed by atoms with Crippen molar-refractivity contribution in [3.8, 4) is 16.9 Å². The van der Waals surface area contributed by atoms with Gasteiger partial charge in [0.05, 0.1) is 13.2 Å². The van der Waals surface area contributed by atoms with Crippen molar-refractivity contribution in [2.75, 3.05) is 6.61 Å². The van der Waals surface area contributed by atoms with Crippen molar-refractivity contribution in [1.29, 1.82) is 0 Å². The summed E-state index contributed by atoms with van der Waals surface area (Å²) in [6, 6.07) is 21.2. The van der Waals surface area contributed by atoms with Crippen LogP contribution in [0.4, 0.5) is 4.39 Å². The molecule has 0 radical (unpaired) electrons. The quantitative estimate of drug-likeness (QED) is 0.259. The van der Waals surface area contributed by atoms with Gasteiger partial charge in [-0.3, -0.25) is 4.79 Å². The lowest BCUT2D eigenvalue weighted by Crippen LogP contribution is -2.41. The lowest BCUT2D eigenvalue weighted by molar-refractivity contribution is -0.0150. The summed E-state index contributed by atoms with van der Waals surface area (Å²) < 4.78 is 19.3. The van der Waals surface area contributed by atoms with E-state index in [1.807, 2.05) is 36.4 Å². The Labute approximate surface area is 201 Å². The minimum absolute atomic E-state index is 0.219. The molecule has 0 bridgehead atoms. The van der Waals surface area contributed by atoms with Crippen molar-refractivity contribution in [3.63, 3.8) is 0 Å². The highest BCUT2D eigenvalue weighted by Crippen LogP contribution is 2.41. The predicted octanol–water partition coefficient (Wildman–Crippen LogP) is 6.58. The fourth-order valence-electron chi connectivity index (χ4n) is 4.05. The maximum absolute atomic E-state index is 13.4. The molecule has 1 saturated carbocycles. The lowest BCUT2D eigenvalue weighted by atomic mass is 10.0. The molecule has 3 aromatic rings. The molecule has 1 aliphatic rings. The van der Waals surface area contributed by atoms with E-state index in [4.69, 9.17) is 4.74 Å². The van der Waals surface area contributed by atoms with E-state index < -0.39 is 5.72 Å². The molecule has 0 atom stereocenters. The van der Waals surface area contributed by atoms with Crippen molar-refractivity contribution < 1.29 is 19.0 Å². The third-order valence-electron chi connectivity index (χ3n) is 6.31. The summed E-state index contributed by atoms with van der Waals surface area (Å²) in [5.41, 5.74) is 2.04. The molecule has 0 heterocycles. The van der Waals surface area contributed by atoms with E-state index in [0.717, 1.165) is 35.3 Å². The first-order chi connectivity index (χ1) is 16.5. The van der Waals surface area contributed by atoms with E-state index in [9.17, 15) is 14.3 Å². The van der Waals surface area contributed by atoms with Crippen molar-refractivity contribution in [3.05, 3.63) is 89.7 Å². The normalized spacial score (nSPS) is 14.0. The number of benzene rings is 3. The van der Waals surface area contributed by atoms with Crippen LogP contribution < -0.4 is 4.74 Å². The van der Waals surface area contributed by atoms with Crippen LogP contribution >= 0.6 is 0 Å². The summed E-state index contributed by atoms with van der Waals surface area (Å²) in [4.78, 5) is 15.0. The number of amides is 1. The molecule has 0 unspecified atom stereocenters. The van der Waals surface area contributed by atoms with Gasteiger partial charge >= 0.3 is 0 Å². The fourth-order valence-corrected chi connectivity index (χ4v) is 4.05. The molecule has 34 heavy (non-hydrogen) atoms. The molecular weight excluding hydrogens is 429 g/mol. The van der Waals surface area contributed by atoms with Gasteiger partial charge in [0.15, 0.2) is 0 Å². The largest absolute Gasteiger partial charge is 0.493 e. The average molecular weight is 462 g/mol. The zero-order chi connectivity index (χ0) is 24.0. The van der Waals surface area contributed by atoms with E-state index >= 15 is 0 Å². The van der Waals surface area contributed by atoms with Crippen LogP contribution in [0.2, 0.25) is 0 Å². The molecule has 178 valence electrons. The van der Waals surface area contributed by atoms with Gasteiger partial charge in [-0.1, -0.05) is 68.7 Å². The lowest BCUT2D eigenvalue weighted by Gasteiger charge is -2.29. The zero-order valence-electron chi connectivity index (χ0n) is 19.7. The average Bonchev–Trinajstić information content (AvgIpc) is 3.61. The first-order valence-corrected chi connectivity index (χ1v) is 12.1. The van der Waals surface area contributed by atoms with Gasteiger partial charge in [-0.15, -0.1) is 0 Å².